The van der Waals surface area contributed by atoms with E-state index in [4.69, 9.17) is 0 Å². The minimum atomic E-state index is 1.03. The van der Waals surface area contributed by atoms with Crippen molar-refractivity contribution in [2.45, 2.75) is 65.2 Å². The highest BCUT2D eigenvalue weighted by molar-refractivity contribution is 5.06. The monoisotopic (exact) mass is 246 g/mol. The maximum Gasteiger partial charge on any atom is -0.0323 e. The van der Waals surface area contributed by atoms with Gasteiger partial charge in [-0.05, 0) is 73.0 Å². The Kier molecular flexibility index (Phi) is 2.79. The fourth-order valence-corrected chi connectivity index (χ4v) is 6.98. The molecule has 4 fully saturated rings. The van der Waals surface area contributed by atoms with E-state index in [2.05, 4.69) is 13.8 Å². The van der Waals surface area contributed by atoms with Crippen LogP contribution >= 0.6 is 0 Å². The summed E-state index contributed by atoms with van der Waals surface area (Å²) in [7, 11) is 0. The van der Waals surface area contributed by atoms with E-state index in [1.165, 1.54) is 6.42 Å². The summed E-state index contributed by atoms with van der Waals surface area (Å²) in [6, 6.07) is 0. The van der Waals surface area contributed by atoms with Crippen LogP contribution in [0.1, 0.15) is 65.2 Å². The molecule has 0 nitrogen and oxygen atoms in total. The Labute approximate surface area is 113 Å². The Morgan fingerprint density at radius 2 is 1.50 bits per heavy atom. The van der Waals surface area contributed by atoms with Crippen LogP contribution in [0, 0.1) is 47.3 Å². The van der Waals surface area contributed by atoms with E-state index < -0.39 is 0 Å². The topological polar surface area (TPSA) is 0 Å². The second-order valence-electron chi connectivity index (χ2n) is 8.29. The second-order valence-corrected chi connectivity index (χ2v) is 8.29. The van der Waals surface area contributed by atoms with Crippen LogP contribution in [-0.4, -0.2) is 0 Å². The molecule has 0 heterocycles. The lowest BCUT2D eigenvalue weighted by Gasteiger charge is -2.36. The standard InChI is InChI=1S/C18H30/c1-11-7-8-14-12(2)18-15-6-4-3-5-13(15)10-17(18)16(14)9-11/h11-18H,3-10H2,1-2H3. The summed E-state index contributed by atoms with van der Waals surface area (Å²) >= 11 is 0. The van der Waals surface area contributed by atoms with Crippen molar-refractivity contribution in [3.8, 4) is 0 Å². The van der Waals surface area contributed by atoms with Crippen molar-refractivity contribution in [2.75, 3.05) is 0 Å². The van der Waals surface area contributed by atoms with E-state index >= 15 is 0 Å². The molecule has 8 unspecified atom stereocenters. The quantitative estimate of drug-likeness (QED) is 0.556. The van der Waals surface area contributed by atoms with E-state index in [0.717, 1.165) is 47.3 Å². The van der Waals surface area contributed by atoms with Crippen molar-refractivity contribution in [2.24, 2.45) is 47.3 Å². The molecule has 4 saturated carbocycles. The first kappa shape index (κ1) is 11.8. The molecule has 0 aromatic carbocycles. The molecule has 102 valence electrons. The van der Waals surface area contributed by atoms with Gasteiger partial charge in [0.1, 0.15) is 0 Å². The lowest BCUT2D eigenvalue weighted by molar-refractivity contribution is 0.137. The van der Waals surface area contributed by atoms with Gasteiger partial charge in [0.15, 0.2) is 0 Å². The molecule has 0 N–H and O–H groups in total. The van der Waals surface area contributed by atoms with Gasteiger partial charge < -0.3 is 0 Å². The Morgan fingerprint density at radius 1 is 0.667 bits per heavy atom. The summed E-state index contributed by atoms with van der Waals surface area (Å²) in [6.07, 6.45) is 12.6. The molecule has 0 amide bonds. The van der Waals surface area contributed by atoms with Crippen LogP contribution in [0.4, 0.5) is 0 Å². The summed E-state index contributed by atoms with van der Waals surface area (Å²) in [4.78, 5) is 0. The molecule has 0 saturated heterocycles. The molecule has 4 aliphatic rings. The van der Waals surface area contributed by atoms with Gasteiger partial charge >= 0.3 is 0 Å². The lowest BCUT2D eigenvalue weighted by atomic mass is 9.69. The molecule has 0 radical (unpaired) electrons. The van der Waals surface area contributed by atoms with Gasteiger partial charge in [0.05, 0.1) is 0 Å². The van der Waals surface area contributed by atoms with Gasteiger partial charge in [-0.25, -0.2) is 0 Å². The summed E-state index contributed by atoms with van der Waals surface area (Å²) < 4.78 is 0. The molecule has 4 aliphatic carbocycles. The smallest absolute Gasteiger partial charge is 0.0323 e. The minimum Gasteiger partial charge on any atom is -0.0625 e. The molecular formula is C18H30. The maximum absolute atomic E-state index is 2.63. The molecule has 0 aliphatic heterocycles. The van der Waals surface area contributed by atoms with E-state index in [9.17, 15) is 0 Å². The van der Waals surface area contributed by atoms with Gasteiger partial charge in [0, 0.05) is 0 Å². The van der Waals surface area contributed by atoms with Gasteiger partial charge in [-0.1, -0.05) is 39.5 Å². The Hall–Kier alpha value is 0. The molecule has 18 heavy (non-hydrogen) atoms. The summed E-state index contributed by atoms with van der Waals surface area (Å²) in [6.45, 7) is 5.14. The Morgan fingerprint density at radius 3 is 2.39 bits per heavy atom. The minimum absolute atomic E-state index is 1.03. The Bertz CT molecular complexity index is 320. The Balaban J connectivity index is 1.61. The van der Waals surface area contributed by atoms with Gasteiger partial charge in [-0.2, -0.15) is 0 Å². The van der Waals surface area contributed by atoms with Crippen molar-refractivity contribution in [1.29, 1.82) is 0 Å². The number of fused-ring (bicyclic) bond motifs is 5. The van der Waals surface area contributed by atoms with Crippen LogP contribution in [0.15, 0.2) is 0 Å². The zero-order valence-electron chi connectivity index (χ0n) is 12.3. The van der Waals surface area contributed by atoms with E-state index in [0.29, 0.717) is 0 Å². The van der Waals surface area contributed by atoms with Gasteiger partial charge in [0.2, 0.25) is 0 Å². The predicted octanol–water partition coefficient (Wildman–Crippen LogP) is 5.13. The van der Waals surface area contributed by atoms with Crippen molar-refractivity contribution in [3.05, 3.63) is 0 Å². The van der Waals surface area contributed by atoms with Crippen molar-refractivity contribution < 1.29 is 0 Å². The number of rotatable bonds is 0. The highest BCUT2D eigenvalue weighted by Crippen LogP contribution is 2.64. The van der Waals surface area contributed by atoms with Crippen molar-refractivity contribution >= 4 is 0 Å². The molecule has 0 bridgehead atoms. The fourth-order valence-electron chi connectivity index (χ4n) is 6.98. The second kappa shape index (κ2) is 4.25. The molecule has 0 aromatic rings. The summed E-state index contributed by atoms with van der Waals surface area (Å²) in [5.41, 5.74) is 0. The zero-order valence-corrected chi connectivity index (χ0v) is 12.3. The first-order valence-electron chi connectivity index (χ1n) is 8.75. The van der Waals surface area contributed by atoms with Crippen LogP contribution in [0.25, 0.3) is 0 Å². The predicted molar refractivity (Wildman–Crippen MR) is 76.2 cm³/mol. The van der Waals surface area contributed by atoms with Crippen molar-refractivity contribution in [3.63, 3.8) is 0 Å². The first-order chi connectivity index (χ1) is 8.75. The van der Waals surface area contributed by atoms with E-state index in [1.54, 1.807) is 44.9 Å². The molecular weight excluding hydrogens is 216 g/mol. The van der Waals surface area contributed by atoms with Crippen molar-refractivity contribution in [1.82, 2.24) is 0 Å². The highest BCUT2D eigenvalue weighted by Gasteiger charge is 2.57. The van der Waals surface area contributed by atoms with Crippen LogP contribution in [0.2, 0.25) is 0 Å². The summed E-state index contributed by atoms with van der Waals surface area (Å²) in [5, 5.41) is 0. The van der Waals surface area contributed by atoms with Crippen LogP contribution in [0.5, 0.6) is 0 Å². The zero-order chi connectivity index (χ0) is 12.3. The highest BCUT2D eigenvalue weighted by atomic mass is 14.6. The molecule has 0 aromatic heterocycles. The maximum atomic E-state index is 2.63. The third kappa shape index (κ3) is 1.56. The fraction of sp³-hybridized carbons (Fsp3) is 1.00. The number of hydrogen-bond acceptors (Lipinski definition) is 0. The summed E-state index contributed by atoms with van der Waals surface area (Å²) in [5.74, 6) is 8.96. The van der Waals surface area contributed by atoms with Gasteiger partial charge in [0.25, 0.3) is 0 Å². The van der Waals surface area contributed by atoms with Gasteiger partial charge in [-0.3, -0.25) is 0 Å². The van der Waals surface area contributed by atoms with Gasteiger partial charge in [-0.15, -0.1) is 0 Å². The van der Waals surface area contributed by atoms with Crippen LogP contribution in [0.3, 0.4) is 0 Å². The third-order valence-electron chi connectivity index (χ3n) is 7.58. The lowest BCUT2D eigenvalue weighted by Crippen LogP contribution is -2.27. The molecule has 4 rings (SSSR count). The first-order valence-corrected chi connectivity index (χ1v) is 8.75. The van der Waals surface area contributed by atoms with E-state index in [1.807, 2.05) is 0 Å². The number of hydrogen-bond donors (Lipinski definition) is 0. The van der Waals surface area contributed by atoms with E-state index in [-0.39, 0.29) is 0 Å². The molecule has 8 atom stereocenters. The average Bonchev–Trinajstić information content (AvgIpc) is 2.87. The van der Waals surface area contributed by atoms with Crippen LogP contribution in [-0.2, 0) is 0 Å². The average molecular weight is 246 g/mol. The normalized spacial score (nSPS) is 59.0. The van der Waals surface area contributed by atoms with Crippen LogP contribution < -0.4 is 0 Å². The third-order valence-corrected chi connectivity index (χ3v) is 7.58. The SMILES string of the molecule is CC1CCC2C(C)C3C4CCCCC4CC3C2C1. The molecule has 0 heteroatoms. The molecule has 0 spiro atoms. The largest absolute Gasteiger partial charge is 0.0625 e.